The van der Waals surface area contributed by atoms with Crippen molar-refractivity contribution in [1.82, 2.24) is 5.32 Å². The van der Waals surface area contributed by atoms with Gasteiger partial charge in [0.1, 0.15) is 0 Å². The summed E-state index contributed by atoms with van der Waals surface area (Å²) >= 11 is 0. The average Bonchev–Trinajstić information content (AvgIpc) is 3.13. The van der Waals surface area contributed by atoms with Gasteiger partial charge in [-0.25, -0.2) is 0 Å². The molecule has 0 saturated carbocycles. The van der Waals surface area contributed by atoms with Crippen LogP contribution in [0.25, 0.3) is 0 Å². The predicted octanol–water partition coefficient (Wildman–Crippen LogP) is 14.2. The van der Waals surface area contributed by atoms with E-state index in [1.807, 2.05) is 6.08 Å². The van der Waals surface area contributed by atoms with Gasteiger partial charge in [-0.05, 0) is 44.9 Å². The summed E-state index contributed by atoms with van der Waals surface area (Å²) < 4.78 is 0. The molecule has 51 heavy (non-hydrogen) atoms. The second-order valence-electron chi connectivity index (χ2n) is 15.5. The van der Waals surface area contributed by atoms with E-state index in [1.54, 1.807) is 6.08 Å². The van der Waals surface area contributed by atoms with Crippen LogP contribution in [0.4, 0.5) is 0 Å². The van der Waals surface area contributed by atoms with Gasteiger partial charge in [0.25, 0.3) is 0 Å². The van der Waals surface area contributed by atoms with Crippen LogP contribution in [-0.4, -0.2) is 34.9 Å². The minimum Gasteiger partial charge on any atom is -0.394 e. The molecule has 2 unspecified atom stereocenters. The largest absolute Gasteiger partial charge is 0.394 e. The van der Waals surface area contributed by atoms with E-state index in [9.17, 15) is 15.0 Å². The zero-order chi connectivity index (χ0) is 37.1. The van der Waals surface area contributed by atoms with Crippen LogP contribution >= 0.6 is 0 Å². The lowest BCUT2D eigenvalue weighted by atomic mass is 10.0. The van der Waals surface area contributed by atoms with Crippen molar-refractivity contribution in [2.75, 3.05) is 6.61 Å². The molecule has 0 aliphatic rings. The van der Waals surface area contributed by atoms with Gasteiger partial charge in [-0.2, -0.15) is 0 Å². The molecule has 0 aliphatic heterocycles. The fraction of sp³-hybridized carbons (Fsp3) is 0.851. The van der Waals surface area contributed by atoms with Gasteiger partial charge < -0.3 is 15.5 Å². The fourth-order valence-electron chi connectivity index (χ4n) is 6.88. The molecule has 0 bridgehead atoms. The Morgan fingerprint density at radius 1 is 0.471 bits per heavy atom. The number of unbranched alkanes of at least 4 members (excludes halogenated alkanes) is 31. The van der Waals surface area contributed by atoms with E-state index in [0.717, 1.165) is 38.5 Å². The van der Waals surface area contributed by atoms with Crippen molar-refractivity contribution in [2.45, 2.75) is 251 Å². The highest BCUT2D eigenvalue weighted by atomic mass is 16.3. The van der Waals surface area contributed by atoms with Gasteiger partial charge in [0.05, 0.1) is 18.8 Å². The third-order valence-corrected chi connectivity index (χ3v) is 10.4. The molecule has 0 aromatic heterocycles. The summed E-state index contributed by atoms with van der Waals surface area (Å²) in [5.41, 5.74) is 0. The van der Waals surface area contributed by atoms with Gasteiger partial charge in [0, 0.05) is 6.42 Å². The first-order chi connectivity index (χ1) is 25.2. The number of hydrogen-bond acceptors (Lipinski definition) is 3. The number of hydrogen-bond donors (Lipinski definition) is 3. The number of carbonyl (C=O) groups excluding carboxylic acids is 1. The van der Waals surface area contributed by atoms with Gasteiger partial charge in [0.15, 0.2) is 0 Å². The van der Waals surface area contributed by atoms with E-state index in [1.165, 1.54) is 180 Å². The molecule has 0 radical (unpaired) electrons. The normalized spacial score (nSPS) is 13.3. The maximum absolute atomic E-state index is 12.4. The highest BCUT2D eigenvalue weighted by molar-refractivity contribution is 5.76. The summed E-state index contributed by atoms with van der Waals surface area (Å²) in [5.74, 6) is -0.0750. The van der Waals surface area contributed by atoms with Crippen molar-refractivity contribution < 1.29 is 15.0 Å². The van der Waals surface area contributed by atoms with Crippen LogP contribution in [0.15, 0.2) is 36.5 Å². The van der Waals surface area contributed by atoms with Crippen molar-refractivity contribution in [1.29, 1.82) is 0 Å². The summed E-state index contributed by atoms with van der Waals surface area (Å²) in [6.45, 7) is 4.28. The van der Waals surface area contributed by atoms with Crippen LogP contribution in [0.2, 0.25) is 0 Å². The molecular weight excluding hydrogens is 627 g/mol. The third-order valence-electron chi connectivity index (χ3n) is 10.4. The number of aliphatic hydroxyl groups is 2. The molecule has 0 heterocycles. The summed E-state index contributed by atoms with van der Waals surface area (Å²) in [6.07, 6.45) is 56.9. The summed E-state index contributed by atoms with van der Waals surface area (Å²) in [5, 5.41) is 23.0. The first-order valence-corrected chi connectivity index (χ1v) is 22.7. The van der Waals surface area contributed by atoms with Crippen LogP contribution in [0.1, 0.15) is 239 Å². The zero-order valence-electron chi connectivity index (χ0n) is 34.4. The monoisotopic (exact) mass is 716 g/mol. The molecule has 4 nitrogen and oxygen atoms in total. The lowest BCUT2D eigenvalue weighted by molar-refractivity contribution is -0.123. The van der Waals surface area contributed by atoms with Crippen molar-refractivity contribution in [3.63, 3.8) is 0 Å². The molecule has 2 atom stereocenters. The van der Waals surface area contributed by atoms with Gasteiger partial charge in [0.2, 0.25) is 5.91 Å². The molecule has 3 N–H and O–H groups in total. The van der Waals surface area contributed by atoms with Gasteiger partial charge in [-0.1, -0.05) is 224 Å². The second-order valence-corrected chi connectivity index (χ2v) is 15.5. The minimum absolute atomic E-state index is 0.0750. The predicted molar refractivity (Wildman–Crippen MR) is 225 cm³/mol. The van der Waals surface area contributed by atoms with Crippen molar-refractivity contribution in [2.24, 2.45) is 0 Å². The zero-order valence-corrected chi connectivity index (χ0v) is 34.4. The molecular formula is C47H89NO3. The molecule has 0 aromatic carbocycles. The summed E-state index contributed by atoms with van der Waals surface area (Å²) in [4.78, 5) is 12.4. The Hall–Kier alpha value is -1.39. The Morgan fingerprint density at radius 3 is 1.18 bits per heavy atom. The summed E-state index contributed by atoms with van der Waals surface area (Å²) in [7, 11) is 0. The van der Waals surface area contributed by atoms with E-state index < -0.39 is 12.1 Å². The number of amides is 1. The van der Waals surface area contributed by atoms with Gasteiger partial charge in [-0.3, -0.25) is 4.79 Å². The second kappa shape index (κ2) is 43.0. The van der Waals surface area contributed by atoms with Crippen LogP contribution in [0.3, 0.4) is 0 Å². The maximum Gasteiger partial charge on any atom is 0.220 e. The lowest BCUT2D eigenvalue weighted by Gasteiger charge is -2.20. The molecule has 0 aliphatic carbocycles. The standard InChI is InChI=1S/C47H89NO3/c1-3-5-7-9-11-13-15-17-19-20-21-22-23-24-25-26-27-29-30-32-34-36-38-40-42-46(50)45(44-49)48-47(51)43-41-39-37-35-33-31-28-18-16-14-12-10-8-6-4-2/h12,14,16,18,40,42,45-46,49-50H,3-11,13,15,17,19-39,41,43-44H2,1-2H3,(H,48,51)/b14-12-,18-16-,42-40+. The minimum atomic E-state index is -0.843. The van der Waals surface area contributed by atoms with Crippen molar-refractivity contribution in [3.8, 4) is 0 Å². The molecule has 300 valence electrons. The Bertz CT molecular complexity index is 775. The molecule has 1 amide bonds. The molecule has 0 rings (SSSR count). The van der Waals surface area contributed by atoms with Crippen LogP contribution in [-0.2, 0) is 4.79 Å². The smallest absolute Gasteiger partial charge is 0.220 e. The highest BCUT2D eigenvalue weighted by Gasteiger charge is 2.17. The van der Waals surface area contributed by atoms with Crippen molar-refractivity contribution >= 4 is 5.91 Å². The SMILES string of the molecule is CCCCC/C=C\C=C/CCCCCCCCC(=O)NC(CO)C(O)/C=C/CCCCCCCCCCCCCCCCCCCCCCCC. The van der Waals surface area contributed by atoms with Gasteiger partial charge in [-0.15, -0.1) is 0 Å². The first-order valence-electron chi connectivity index (χ1n) is 22.7. The van der Waals surface area contributed by atoms with E-state index >= 15 is 0 Å². The number of nitrogens with one attached hydrogen (secondary N) is 1. The fourth-order valence-corrected chi connectivity index (χ4v) is 6.88. The molecule has 0 spiro atoms. The van der Waals surface area contributed by atoms with Crippen LogP contribution in [0, 0.1) is 0 Å². The Labute approximate surface area is 319 Å². The number of rotatable bonds is 41. The molecule has 0 saturated heterocycles. The third kappa shape index (κ3) is 39.6. The topological polar surface area (TPSA) is 69.6 Å². The maximum atomic E-state index is 12.4. The number of allylic oxidation sites excluding steroid dienone is 5. The number of aliphatic hydroxyl groups excluding tert-OH is 2. The van der Waals surface area contributed by atoms with E-state index in [0.29, 0.717) is 6.42 Å². The molecule has 0 fully saturated rings. The van der Waals surface area contributed by atoms with Gasteiger partial charge >= 0.3 is 0 Å². The van der Waals surface area contributed by atoms with Crippen LogP contribution < -0.4 is 5.32 Å². The first kappa shape index (κ1) is 49.6. The Morgan fingerprint density at radius 2 is 0.784 bits per heavy atom. The number of carbonyl (C=O) groups is 1. The lowest BCUT2D eigenvalue weighted by Crippen LogP contribution is -2.45. The molecule has 4 heteroatoms. The van der Waals surface area contributed by atoms with Crippen molar-refractivity contribution in [3.05, 3.63) is 36.5 Å². The highest BCUT2D eigenvalue weighted by Crippen LogP contribution is 2.16. The average molecular weight is 716 g/mol. The molecule has 0 aromatic rings. The van der Waals surface area contributed by atoms with Crippen LogP contribution in [0.5, 0.6) is 0 Å². The van der Waals surface area contributed by atoms with E-state index in [-0.39, 0.29) is 12.5 Å². The Balaban J connectivity index is 3.54. The van der Waals surface area contributed by atoms with E-state index in [2.05, 4.69) is 43.5 Å². The summed E-state index contributed by atoms with van der Waals surface area (Å²) in [6, 6.07) is -0.627. The Kier molecular flexibility index (Phi) is 41.8. The quantitative estimate of drug-likeness (QED) is 0.0335. The van der Waals surface area contributed by atoms with E-state index in [4.69, 9.17) is 0 Å².